The standard InChI is InChI=1S/C27H33F3N6O/c1-26(2,3)24-32-22(27(28,29)30)17-23(33-24)35-15-13-34(14-16-35)11-7-8-12-36-19-21(18-31-25(36)37)20-9-5-4-6-10-20/h4-6,9-10,17-19H,7-8,11-16H2,1-3H3. The van der Waals surface area contributed by atoms with Crippen LogP contribution in [-0.2, 0) is 18.1 Å². The van der Waals surface area contributed by atoms with E-state index >= 15 is 0 Å². The molecule has 7 nitrogen and oxygen atoms in total. The quantitative estimate of drug-likeness (QED) is 0.429. The number of nitrogens with zero attached hydrogens (tertiary/aromatic N) is 6. The van der Waals surface area contributed by atoms with Crippen LogP contribution in [0.5, 0.6) is 0 Å². The molecule has 0 bridgehead atoms. The van der Waals surface area contributed by atoms with Gasteiger partial charge in [0.25, 0.3) is 0 Å². The SMILES string of the molecule is CC(C)(C)c1nc(N2CCN(CCCCn3cc(-c4ccccc4)cnc3=O)CC2)cc(C(F)(F)F)n1. The molecule has 1 saturated heterocycles. The lowest BCUT2D eigenvalue weighted by Gasteiger charge is -2.36. The van der Waals surface area contributed by atoms with Gasteiger partial charge in [-0.2, -0.15) is 13.2 Å². The van der Waals surface area contributed by atoms with E-state index in [0.717, 1.165) is 49.7 Å². The topological polar surface area (TPSA) is 67.2 Å². The Hall–Kier alpha value is -3.27. The van der Waals surface area contributed by atoms with Gasteiger partial charge < -0.3 is 4.90 Å². The Morgan fingerprint density at radius 3 is 2.22 bits per heavy atom. The third-order valence-electron chi connectivity index (χ3n) is 6.46. The number of piperazine rings is 1. The van der Waals surface area contributed by atoms with E-state index < -0.39 is 17.3 Å². The molecule has 0 saturated carbocycles. The molecule has 10 heteroatoms. The summed E-state index contributed by atoms with van der Waals surface area (Å²) in [7, 11) is 0. The number of hydrogen-bond donors (Lipinski definition) is 0. The molecule has 37 heavy (non-hydrogen) atoms. The molecule has 4 rings (SSSR count). The number of alkyl halides is 3. The third-order valence-corrected chi connectivity index (χ3v) is 6.46. The lowest BCUT2D eigenvalue weighted by Crippen LogP contribution is -2.47. The van der Waals surface area contributed by atoms with Crippen molar-refractivity contribution < 1.29 is 13.2 Å². The molecule has 0 aliphatic carbocycles. The molecule has 0 amide bonds. The first-order chi connectivity index (χ1) is 17.5. The van der Waals surface area contributed by atoms with Crippen LogP contribution in [0.15, 0.2) is 53.6 Å². The molecule has 0 atom stereocenters. The maximum Gasteiger partial charge on any atom is 0.433 e. The Kier molecular flexibility index (Phi) is 7.96. The van der Waals surface area contributed by atoms with Crippen molar-refractivity contribution in [3.05, 3.63) is 70.8 Å². The van der Waals surface area contributed by atoms with Gasteiger partial charge in [-0.05, 0) is 24.9 Å². The van der Waals surface area contributed by atoms with Gasteiger partial charge in [0.1, 0.15) is 17.3 Å². The number of aryl methyl sites for hydroxylation is 1. The number of aromatic nitrogens is 4. The fourth-order valence-electron chi connectivity index (χ4n) is 4.29. The normalized spacial score (nSPS) is 15.2. The van der Waals surface area contributed by atoms with Gasteiger partial charge in [0.15, 0.2) is 0 Å². The van der Waals surface area contributed by atoms with Gasteiger partial charge in [0.2, 0.25) is 0 Å². The molecule has 198 valence electrons. The average molecular weight is 515 g/mol. The highest BCUT2D eigenvalue weighted by Gasteiger charge is 2.36. The summed E-state index contributed by atoms with van der Waals surface area (Å²) in [6.45, 7) is 9.55. The maximum absolute atomic E-state index is 13.5. The van der Waals surface area contributed by atoms with Crippen molar-refractivity contribution in [2.24, 2.45) is 0 Å². The zero-order chi connectivity index (χ0) is 26.6. The minimum Gasteiger partial charge on any atom is -0.354 e. The molecule has 1 aliphatic rings. The molecule has 3 heterocycles. The maximum atomic E-state index is 13.5. The predicted molar refractivity (Wildman–Crippen MR) is 138 cm³/mol. The first-order valence-electron chi connectivity index (χ1n) is 12.6. The number of benzene rings is 1. The second kappa shape index (κ2) is 11.0. The van der Waals surface area contributed by atoms with Crippen LogP contribution in [0.3, 0.4) is 0 Å². The van der Waals surface area contributed by atoms with E-state index in [1.807, 2.05) is 62.2 Å². The molecule has 0 N–H and O–H groups in total. The van der Waals surface area contributed by atoms with Crippen LogP contribution in [0.2, 0.25) is 0 Å². The monoisotopic (exact) mass is 514 g/mol. The van der Waals surface area contributed by atoms with Gasteiger partial charge in [-0.3, -0.25) is 9.47 Å². The fraction of sp³-hybridized carbons (Fsp3) is 0.481. The van der Waals surface area contributed by atoms with Crippen molar-refractivity contribution in [1.29, 1.82) is 0 Å². The van der Waals surface area contributed by atoms with Gasteiger partial charge in [0, 0.05) is 62.2 Å². The lowest BCUT2D eigenvalue weighted by molar-refractivity contribution is -0.141. The van der Waals surface area contributed by atoms with Crippen LogP contribution >= 0.6 is 0 Å². The molecule has 3 aromatic rings. The zero-order valence-electron chi connectivity index (χ0n) is 21.5. The summed E-state index contributed by atoms with van der Waals surface area (Å²) in [6, 6.07) is 10.9. The minimum atomic E-state index is -4.52. The molecule has 1 aliphatic heterocycles. The van der Waals surface area contributed by atoms with Crippen molar-refractivity contribution in [1.82, 2.24) is 24.4 Å². The van der Waals surface area contributed by atoms with E-state index in [9.17, 15) is 18.0 Å². The highest BCUT2D eigenvalue weighted by molar-refractivity contribution is 5.60. The van der Waals surface area contributed by atoms with Gasteiger partial charge in [0.05, 0.1) is 0 Å². The van der Waals surface area contributed by atoms with Crippen molar-refractivity contribution in [2.75, 3.05) is 37.6 Å². The molecular formula is C27H33F3N6O. The van der Waals surface area contributed by atoms with Crippen molar-refractivity contribution in [2.45, 2.75) is 51.7 Å². The van der Waals surface area contributed by atoms with Crippen LogP contribution in [0.25, 0.3) is 11.1 Å². The average Bonchev–Trinajstić information content (AvgIpc) is 2.87. The molecule has 2 aromatic heterocycles. The molecular weight excluding hydrogens is 481 g/mol. The minimum absolute atomic E-state index is 0.195. The molecule has 0 unspecified atom stereocenters. The summed E-state index contributed by atoms with van der Waals surface area (Å²) < 4.78 is 42.0. The van der Waals surface area contributed by atoms with Crippen LogP contribution in [0, 0.1) is 0 Å². The van der Waals surface area contributed by atoms with Gasteiger partial charge in [-0.15, -0.1) is 0 Å². The van der Waals surface area contributed by atoms with E-state index in [1.54, 1.807) is 10.8 Å². The Morgan fingerprint density at radius 2 is 1.57 bits per heavy atom. The van der Waals surface area contributed by atoms with E-state index in [0.29, 0.717) is 25.5 Å². The smallest absolute Gasteiger partial charge is 0.354 e. The van der Waals surface area contributed by atoms with Crippen LogP contribution in [0.4, 0.5) is 19.0 Å². The second-order valence-electron chi connectivity index (χ2n) is 10.4. The number of rotatable bonds is 7. The first-order valence-corrected chi connectivity index (χ1v) is 12.6. The summed E-state index contributed by atoms with van der Waals surface area (Å²) in [5.41, 5.74) is 0.180. The molecule has 1 aromatic carbocycles. The summed E-state index contributed by atoms with van der Waals surface area (Å²) in [5, 5.41) is 0. The number of unbranched alkanes of at least 4 members (excludes halogenated alkanes) is 1. The number of hydrogen-bond acceptors (Lipinski definition) is 6. The summed E-state index contributed by atoms with van der Waals surface area (Å²) in [5.74, 6) is 0.526. The number of halogens is 3. The summed E-state index contributed by atoms with van der Waals surface area (Å²) in [6.07, 6.45) is 0.676. The summed E-state index contributed by atoms with van der Waals surface area (Å²) in [4.78, 5) is 28.7. The van der Waals surface area contributed by atoms with E-state index in [2.05, 4.69) is 19.9 Å². The van der Waals surface area contributed by atoms with Crippen LogP contribution < -0.4 is 10.6 Å². The Bertz CT molecular complexity index is 1210. The van der Waals surface area contributed by atoms with Crippen molar-refractivity contribution >= 4 is 5.82 Å². The van der Waals surface area contributed by atoms with Gasteiger partial charge in [-0.25, -0.2) is 19.7 Å². The highest BCUT2D eigenvalue weighted by atomic mass is 19.4. The Labute approximate surface area is 215 Å². The van der Waals surface area contributed by atoms with Crippen LogP contribution in [0.1, 0.15) is 45.1 Å². The molecule has 0 spiro atoms. The van der Waals surface area contributed by atoms with Crippen molar-refractivity contribution in [3.63, 3.8) is 0 Å². The predicted octanol–water partition coefficient (Wildman–Crippen LogP) is 4.62. The molecule has 0 radical (unpaired) electrons. The fourth-order valence-corrected chi connectivity index (χ4v) is 4.29. The Morgan fingerprint density at radius 1 is 0.892 bits per heavy atom. The van der Waals surface area contributed by atoms with E-state index in [1.165, 1.54) is 0 Å². The summed E-state index contributed by atoms with van der Waals surface area (Å²) >= 11 is 0. The van der Waals surface area contributed by atoms with E-state index in [-0.39, 0.29) is 11.5 Å². The largest absolute Gasteiger partial charge is 0.433 e. The Balaban J connectivity index is 1.30. The van der Waals surface area contributed by atoms with E-state index in [4.69, 9.17) is 0 Å². The second-order valence-corrected chi connectivity index (χ2v) is 10.4. The molecule has 1 fully saturated rings. The van der Waals surface area contributed by atoms with Crippen LogP contribution in [-0.4, -0.2) is 57.1 Å². The number of anilines is 1. The van der Waals surface area contributed by atoms with Gasteiger partial charge in [-0.1, -0.05) is 51.1 Å². The van der Waals surface area contributed by atoms with Crippen molar-refractivity contribution in [3.8, 4) is 11.1 Å². The highest BCUT2D eigenvalue weighted by Crippen LogP contribution is 2.32. The zero-order valence-corrected chi connectivity index (χ0v) is 21.5. The first kappa shape index (κ1) is 26.8. The lowest BCUT2D eigenvalue weighted by atomic mass is 9.95. The third kappa shape index (κ3) is 6.94. The van der Waals surface area contributed by atoms with Gasteiger partial charge >= 0.3 is 11.9 Å².